The summed E-state index contributed by atoms with van der Waals surface area (Å²) in [5.74, 6) is 0.0907. The summed E-state index contributed by atoms with van der Waals surface area (Å²) in [7, 11) is 0. The van der Waals surface area contributed by atoms with Gasteiger partial charge in [0.25, 0.3) is 0 Å². The van der Waals surface area contributed by atoms with Gasteiger partial charge in [-0.2, -0.15) is 0 Å². The van der Waals surface area contributed by atoms with Gasteiger partial charge in [-0.05, 0) is 13.0 Å². The monoisotopic (exact) mass is 159 g/mol. The second-order valence-electron chi connectivity index (χ2n) is 2.15. The predicted molar refractivity (Wildman–Crippen MR) is 38.6 cm³/mol. The van der Waals surface area contributed by atoms with Crippen LogP contribution in [0.4, 0.5) is 0 Å². The molecule has 0 bridgehead atoms. The summed E-state index contributed by atoms with van der Waals surface area (Å²) in [6, 6.07) is 6.97. The molecular weight excluding hydrogens is 149 g/mol. The van der Waals surface area contributed by atoms with Crippen molar-refractivity contribution in [1.29, 1.82) is 0 Å². The van der Waals surface area contributed by atoms with Crippen molar-refractivity contribution in [3.05, 3.63) is 29.8 Å². The molecule has 1 aromatic carbocycles. The van der Waals surface area contributed by atoms with E-state index in [2.05, 4.69) is 0 Å². The minimum atomic E-state index is 0. The molecular formula is C8H10NNaO. The molecule has 0 saturated carbocycles. The van der Waals surface area contributed by atoms with Gasteiger partial charge in [0.05, 0.1) is 0 Å². The third kappa shape index (κ3) is 3.25. The summed E-state index contributed by atoms with van der Waals surface area (Å²) in [6.45, 7) is 0.541. The molecule has 0 heterocycles. The first-order valence-corrected chi connectivity index (χ1v) is 3.29. The number of benzene rings is 1. The Hall–Kier alpha value is -0.0200. The van der Waals surface area contributed by atoms with Crippen LogP contribution in [-0.4, -0.2) is 6.54 Å². The Kier molecular flexibility index (Phi) is 5.60. The summed E-state index contributed by atoms with van der Waals surface area (Å²) in [4.78, 5) is 0. The Morgan fingerprint density at radius 2 is 1.91 bits per heavy atom. The average Bonchev–Trinajstić information content (AvgIpc) is 1.94. The Balaban J connectivity index is 0.000001000. The molecule has 0 aliphatic carbocycles. The van der Waals surface area contributed by atoms with Crippen LogP contribution in [0.5, 0.6) is 5.75 Å². The maximum Gasteiger partial charge on any atom is 1.00 e. The summed E-state index contributed by atoms with van der Waals surface area (Å²) in [5.41, 5.74) is 6.10. The zero-order chi connectivity index (χ0) is 7.40. The maximum atomic E-state index is 11.0. The number of rotatable bonds is 2. The minimum absolute atomic E-state index is 0. The molecule has 2 N–H and O–H groups in total. The fourth-order valence-electron chi connectivity index (χ4n) is 0.866. The van der Waals surface area contributed by atoms with Crippen LogP contribution in [0.3, 0.4) is 0 Å². The third-order valence-corrected chi connectivity index (χ3v) is 1.39. The fourth-order valence-corrected chi connectivity index (χ4v) is 0.866. The van der Waals surface area contributed by atoms with Crippen molar-refractivity contribution in [2.75, 3.05) is 6.54 Å². The Labute approximate surface area is 88.7 Å². The molecule has 1 rings (SSSR count). The summed E-state index contributed by atoms with van der Waals surface area (Å²) >= 11 is 0. The number of para-hydroxylation sites is 1. The Morgan fingerprint density at radius 3 is 2.45 bits per heavy atom. The van der Waals surface area contributed by atoms with Crippen LogP contribution in [-0.2, 0) is 6.42 Å². The first-order chi connectivity index (χ1) is 4.84. The van der Waals surface area contributed by atoms with E-state index in [0.29, 0.717) is 13.0 Å². The van der Waals surface area contributed by atoms with Gasteiger partial charge in [0, 0.05) is 0 Å². The van der Waals surface area contributed by atoms with Crippen molar-refractivity contribution >= 4 is 0 Å². The van der Waals surface area contributed by atoms with Gasteiger partial charge in [-0.3, -0.25) is 0 Å². The van der Waals surface area contributed by atoms with Crippen molar-refractivity contribution in [2.24, 2.45) is 5.73 Å². The van der Waals surface area contributed by atoms with Crippen LogP contribution in [0.2, 0.25) is 0 Å². The molecule has 2 nitrogen and oxygen atoms in total. The van der Waals surface area contributed by atoms with Crippen LogP contribution >= 0.6 is 0 Å². The van der Waals surface area contributed by atoms with Crippen LogP contribution in [0.15, 0.2) is 24.3 Å². The van der Waals surface area contributed by atoms with Crippen molar-refractivity contribution < 1.29 is 34.7 Å². The Bertz CT molecular complexity index is 215. The minimum Gasteiger partial charge on any atom is -0.872 e. The van der Waals surface area contributed by atoms with Crippen molar-refractivity contribution in [3.63, 3.8) is 0 Å². The average molecular weight is 159 g/mol. The quantitative estimate of drug-likeness (QED) is 0.476. The van der Waals surface area contributed by atoms with Gasteiger partial charge in [0.1, 0.15) is 0 Å². The molecule has 0 atom stereocenters. The van der Waals surface area contributed by atoms with Gasteiger partial charge in [0.15, 0.2) is 0 Å². The van der Waals surface area contributed by atoms with E-state index >= 15 is 0 Å². The van der Waals surface area contributed by atoms with E-state index in [0.717, 1.165) is 5.56 Å². The van der Waals surface area contributed by atoms with Gasteiger partial charge in [-0.1, -0.05) is 29.8 Å². The normalized spacial score (nSPS) is 8.82. The smallest absolute Gasteiger partial charge is 0.872 e. The Morgan fingerprint density at radius 1 is 1.27 bits per heavy atom. The fraction of sp³-hybridized carbons (Fsp3) is 0.250. The molecule has 0 fully saturated rings. The summed E-state index contributed by atoms with van der Waals surface area (Å²) < 4.78 is 0. The maximum absolute atomic E-state index is 11.0. The number of hydrogen-bond donors (Lipinski definition) is 1. The molecule has 1 aromatic rings. The first kappa shape index (κ1) is 11.0. The molecule has 0 aromatic heterocycles. The summed E-state index contributed by atoms with van der Waals surface area (Å²) in [6.07, 6.45) is 0.680. The molecule has 0 radical (unpaired) electrons. The van der Waals surface area contributed by atoms with Crippen molar-refractivity contribution in [2.45, 2.75) is 6.42 Å². The van der Waals surface area contributed by atoms with Gasteiger partial charge >= 0.3 is 29.6 Å². The second-order valence-corrected chi connectivity index (χ2v) is 2.15. The third-order valence-electron chi connectivity index (χ3n) is 1.39. The van der Waals surface area contributed by atoms with Crippen LogP contribution < -0.4 is 40.4 Å². The molecule has 0 spiro atoms. The topological polar surface area (TPSA) is 49.1 Å². The molecule has 0 aliphatic heterocycles. The molecule has 3 heteroatoms. The number of hydrogen-bond acceptors (Lipinski definition) is 2. The molecule has 0 amide bonds. The van der Waals surface area contributed by atoms with Crippen molar-refractivity contribution in [1.82, 2.24) is 0 Å². The van der Waals surface area contributed by atoms with E-state index < -0.39 is 0 Å². The van der Waals surface area contributed by atoms with Gasteiger partial charge in [-0.25, -0.2) is 0 Å². The van der Waals surface area contributed by atoms with E-state index in [4.69, 9.17) is 5.73 Å². The first-order valence-electron chi connectivity index (χ1n) is 3.29. The predicted octanol–water partition coefficient (Wildman–Crippen LogP) is -2.73. The number of nitrogens with two attached hydrogens (primary N) is 1. The second kappa shape index (κ2) is 5.61. The van der Waals surface area contributed by atoms with Crippen LogP contribution in [0.1, 0.15) is 5.56 Å². The zero-order valence-electron chi connectivity index (χ0n) is 6.71. The van der Waals surface area contributed by atoms with E-state index in [1.165, 1.54) is 0 Å². The molecule has 0 unspecified atom stereocenters. The van der Waals surface area contributed by atoms with E-state index in [1.54, 1.807) is 12.1 Å². The standard InChI is InChI=1S/C8H11NO.Na/c9-6-5-7-3-1-2-4-8(7)10;/h1-4,10H,5-6,9H2;/q;+1/p-1. The molecule has 11 heavy (non-hydrogen) atoms. The largest absolute Gasteiger partial charge is 1.00 e. The van der Waals surface area contributed by atoms with E-state index in [9.17, 15) is 5.11 Å². The SMILES string of the molecule is NCCc1ccccc1[O-].[Na+]. The van der Waals surface area contributed by atoms with Crippen molar-refractivity contribution in [3.8, 4) is 5.75 Å². The molecule has 0 saturated heterocycles. The van der Waals surface area contributed by atoms with Crippen LogP contribution in [0, 0.1) is 0 Å². The zero-order valence-corrected chi connectivity index (χ0v) is 8.71. The van der Waals surface area contributed by atoms with Gasteiger partial charge < -0.3 is 10.8 Å². The van der Waals surface area contributed by atoms with E-state index in [-0.39, 0.29) is 35.3 Å². The molecule has 0 aliphatic rings. The van der Waals surface area contributed by atoms with Crippen LogP contribution in [0.25, 0.3) is 0 Å². The van der Waals surface area contributed by atoms with Gasteiger partial charge in [-0.15, -0.1) is 5.75 Å². The van der Waals surface area contributed by atoms with Gasteiger partial charge in [0.2, 0.25) is 0 Å². The summed E-state index contributed by atoms with van der Waals surface area (Å²) in [5, 5.41) is 11.0. The van der Waals surface area contributed by atoms with E-state index in [1.807, 2.05) is 12.1 Å². The molecule has 54 valence electrons.